The van der Waals surface area contributed by atoms with Crippen LogP contribution in [-0.4, -0.2) is 86.2 Å². The van der Waals surface area contributed by atoms with Gasteiger partial charge in [0.15, 0.2) is 0 Å². The van der Waals surface area contributed by atoms with Crippen LogP contribution >= 0.6 is 0 Å². The van der Waals surface area contributed by atoms with E-state index < -0.39 is 12.1 Å². The summed E-state index contributed by atoms with van der Waals surface area (Å²) in [5, 5.41) is 0. The summed E-state index contributed by atoms with van der Waals surface area (Å²) >= 11 is 0. The summed E-state index contributed by atoms with van der Waals surface area (Å²) in [6.45, 7) is 9.83. The predicted octanol–water partition coefficient (Wildman–Crippen LogP) is 6.52. The van der Waals surface area contributed by atoms with Crippen LogP contribution in [0.1, 0.15) is 142 Å². The minimum absolute atomic E-state index is 0.0656. The first-order valence-corrected chi connectivity index (χ1v) is 20.2. The first-order valence-electron chi connectivity index (χ1n) is 20.2. The van der Waals surface area contributed by atoms with E-state index in [9.17, 15) is 9.59 Å². The summed E-state index contributed by atoms with van der Waals surface area (Å²) in [4.78, 5) is 30.1. The van der Waals surface area contributed by atoms with Crippen LogP contribution in [-0.2, 0) is 9.59 Å². The highest BCUT2D eigenvalue weighted by Crippen LogP contribution is 2.19. The van der Waals surface area contributed by atoms with Gasteiger partial charge in [0, 0.05) is 26.2 Å². The number of ether oxygens (including phenoxy) is 2. The number of amides is 2. The average molecular weight is 705 g/mol. The van der Waals surface area contributed by atoms with E-state index in [0.29, 0.717) is 52.2 Å². The Balaban J connectivity index is 2.43. The van der Waals surface area contributed by atoms with Gasteiger partial charge in [0.1, 0.15) is 11.5 Å². The standard InChI is InChI=1S/C40H76N6O4/c1-3-5-7-9-15-29-45(39(47)37(43)21-11-13-27-41)31-17-19-33-49-35-23-25-36(26-24-35)50-34-20-18-32-46(30-16-10-8-6-4-2)40(48)38(44)22-12-14-28-42/h23-26,37-38H,3-22,27-34,41-44H2,1-2H3/t37-,38-/m0/s1. The number of rotatable bonds is 34. The van der Waals surface area contributed by atoms with Gasteiger partial charge < -0.3 is 42.2 Å². The maximum absolute atomic E-state index is 13.1. The van der Waals surface area contributed by atoms with Crippen molar-refractivity contribution in [3.8, 4) is 11.5 Å². The number of nitrogens with two attached hydrogens (primary N) is 4. The second-order valence-electron chi connectivity index (χ2n) is 13.8. The maximum atomic E-state index is 13.1. The van der Waals surface area contributed by atoms with Gasteiger partial charge in [0.2, 0.25) is 11.8 Å². The van der Waals surface area contributed by atoms with Crippen LogP contribution in [0.2, 0.25) is 0 Å². The van der Waals surface area contributed by atoms with Gasteiger partial charge in [-0.2, -0.15) is 0 Å². The summed E-state index contributed by atoms with van der Waals surface area (Å²) in [6.07, 6.45) is 20.1. The molecule has 0 fully saturated rings. The molecule has 0 saturated heterocycles. The SMILES string of the molecule is CCCCCCCN(CCCCOc1ccc(OCCCCN(CCCCCCC)C(=O)[C@@H](N)CCCCN)cc1)C(=O)[C@@H](N)CCCCN. The Morgan fingerprint density at radius 3 is 1.20 bits per heavy atom. The molecule has 0 unspecified atom stereocenters. The smallest absolute Gasteiger partial charge is 0.239 e. The fraction of sp³-hybridized carbons (Fsp3) is 0.800. The van der Waals surface area contributed by atoms with Gasteiger partial charge in [-0.25, -0.2) is 0 Å². The molecule has 0 heterocycles. The normalized spacial score (nSPS) is 12.4. The molecule has 10 nitrogen and oxygen atoms in total. The molecule has 0 spiro atoms. The average Bonchev–Trinajstić information content (AvgIpc) is 3.12. The van der Waals surface area contributed by atoms with Crippen molar-refractivity contribution in [1.29, 1.82) is 0 Å². The lowest BCUT2D eigenvalue weighted by Crippen LogP contribution is -2.44. The second kappa shape index (κ2) is 31.3. The number of unbranched alkanes of at least 4 members (excludes halogenated alkanes) is 12. The lowest BCUT2D eigenvalue weighted by Gasteiger charge is -2.26. The van der Waals surface area contributed by atoms with Crippen LogP contribution in [0, 0.1) is 0 Å². The van der Waals surface area contributed by atoms with E-state index in [4.69, 9.17) is 32.4 Å². The predicted molar refractivity (Wildman–Crippen MR) is 208 cm³/mol. The van der Waals surface area contributed by atoms with Crippen LogP contribution in [0.4, 0.5) is 0 Å². The number of benzene rings is 1. The Kier molecular flexibility index (Phi) is 28.6. The number of hydrogen-bond donors (Lipinski definition) is 4. The van der Waals surface area contributed by atoms with Crippen molar-refractivity contribution < 1.29 is 19.1 Å². The molecule has 0 radical (unpaired) electrons. The molecule has 0 bridgehead atoms. The van der Waals surface area contributed by atoms with Crippen LogP contribution in [0.25, 0.3) is 0 Å². The lowest BCUT2D eigenvalue weighted by molar-refractivity contribution is -0.133. The van der Waals surface area contributed by atoms with Crippen molar-refractivity contribution in [3.05, 3.63) is 24.3 Å². The molecule has 50 heavy (non-hydrogen) atoms. The third kappa shape index (κ3) is 22.4. The van der Waals surface area contributed by atoms with Crippen molar-refractivity contribution in [2.75, 3.05) is 52.5 Å². The van der Waals surface area contributed by atoms with Gasteiger partial charge in [-0.05, 0) is 102 Å². The minimum Gasteiger partial charge on any atom is -0.494 e. The number of hydrogen-bond acceptors (Lipinski definition) is 8. The summed E-state index contributed by atoms with van der Waals surface area (Å²) in [7, 11) is 0. The molecule has 2 amide bonds. The van der Waals surface area contributed by atoms with E-state index in [1.807, 2.05) is 34.1 Å². The number of carbonyl (C=O) groups is 2. The zero-order chi connectivity index (χ0) is 36.7. The van der Waals surface area contributed by atoms with Crippen LogP contribution < -0.4 is 32.4 Å². The molecule has 0 aliphatic rings. The number of carbonyl (C=O) groups excluding carboxylic acids is 2. The molecule has 0 aliphatic carbocycles. The van der Waals surface area contributed by atoms with Crippen molar-refractivity contribution in [1.82, 2.24) is 9.80 Å². The Labute approximate surface area is 305 Å². The third-order valence-corrected chi connectivity index (χ3v) is 9.27. The van der Waals surface area contributed by atoms with Crippen molar-refractivity contribution in [2.45, 2.75) is 154 Å². The molecule has 0 saturated carbocycles. The van der Waals surface area contributed by atoms with E-state index in [2.05, 4.69) is 13.8 Å². The van der Waals surface area contributed by atoms with Crippen molar-refractivity contribution in [3.63, 3.8) is 0 Å². The highest BCUT2D eigenvalue weighted by atomic mass is 16.5. The zero-order valence-corrected chi connectivity index (χ0v) is 32.1. The first-order chi connectivity index (χ1) is 24.4. The summed E-state index contributed by atoms with van der Waals surface area (Å²) in [5.41, 5.74) is 23.8. The monoisotopic (exact) mass is 705 g/mol. The summed E-state index contributed by atoms with van der Waals surface area (Å²) < 4.78 is 12.0. The maximum Gasteiger partial charge on any atom is 0.239 e. The molecule has 10 heteroatoms. The van der Waals surface area contributed by atoms with Crippen LogP contribution in [0.15, 0.2) is 24.3 Å². The highest BCUT2D eigenvalue weighted by molar-refractivity contribution is 5.82. The fourth-order valence-electron chi connectivity index (χ4n) is 6.03. The Bertz CT molecular complexity index is 875. The molecule has 1 rings (SSSR count). The van der Waals surface area contributed by atoms with Gasteiger partial charge in [-0.1, -0.05) is 78.1 Å². The van der Waals surface area contributed by atoms with E-state index in [1.54, 1.807) is 0 Å². The molecule has 0 aromatic heterocycles. The molecule has 2 atom stereocenters. The first kappa shape index (κ1) is 45.6. The van der Waals surface area contributed by atoms with Gasteiger partial charge in [-0.3, -0.25) is 9.59 Å². The van der Waals surface area contributed by atoms with E-state index in [0.717, 1.165) is 102 Å². The molecular weight excluding hydrogens is 628 g/mol. The highest BCUT2D eigenvalue weighted by Gasteiger charge is 2.21. The van der Waals surface area contributed by atoms with Gasteiger partial charge in [0.25, 0.3) is 0 Å². The largest absolute Gasteiger partial charge is 0.494 e. The molecule has 1 aromatic rings. The Morgan fingerprint density at radius 2 is 0.860 bits per heavy atom. The molecule has 290 valence electrons. The van der Waals surface area contributed by atoms with E-state index in [-0.39, 0.29) is 11.8 Å². The number of nitrogens with zero attached hydrogens (tertiary/aromatic N) is 2. The molecule has 0 aliphatic heterocycles. The zero-order valence-electron chi connectivity index (χ0n) is 32.1. The van der Waals surface area contributed by atoms with Crippen LogP contribution in [0.5, 0.6) is 11.5 Å². The molecular formula is C40H76N6O4. The van der Waals surface area contributed by atoms with Crippen molar-refractivity contribution in [2.24, 2.45) is 22.9 Å². The Morgan fingerprint density at radius 1 is 0.520 bits per heavy atom. The van der Waals surface area contributed by atoms with Crippen molar-refractivity contribution >= 4 is 11.8 Å². The third-order valence-electron chi connectivity index (χ3n) is 9.27. The van der Waals surface area contributed by atoms with Gasteiger partial charge in [-0.15, -0.1) is 0 Å². The molecule has 1 aromatic carbocycles. The second-order valence-corrected chi connectivity index (χ2v) is 13.8. The Hall–Kier alpha value is -2.40. The quantitative estimate of drug-likeness (QED) is 0.0590. The summed E-state index contributed by atoms with van der Waals surface area (Å²) in [6, 6.07) is 6.86. The lowest BCUT2D eigenvalue weighted by atomic mass is 10.1. The van der Waals surface area contributed by atoms with Gasteiger partial charge >= 0.3 is 0 Å². The summed E-state index contributed by atoms with van der Waals surface area (Å²) in [5.74, 6) is 1.74. The molecule has 8 N–H and O–H groups in total. The fourth-order valence-corrected chi connectivity index (χ4v) is 6.03. The minimum atomic E-state index is -0.446. The van der Waals surface area contributed by atoms with Crippen LogP contribution in [0.3, 0.4) is 0 Å². The van der Waals surface area contributed by atoms with E-state index in [1.165, 1.54) is 38.5 Å². The topological polar surface area (TPSA) is 163 Å². The van der Waals surface area contributed by atoms with Gasteiger partial charge in [0.05, 0.1) is 25.3 Å². The van der Waals surface area contributed by atoms with E-state index >= 15 is 0 Å².